The van der Waals surface area contributed by atoms with Crippen molar-refractivity contribution < 1.29 is 13.2 Å². The van der Waals surface area contributed by atoms with E-state index in [1.165, 1.54) is 6.20 Å². The van der Waals surface area contributed by atoms with E-state index in [2.05, 4.69) is 40.9 Å². The quantitative estimate of drug-likeness (QED) is 0.283. The number of nitrogens with zero attached hydrogens (tertiary/aromatic N) is 6. The van der Waals surface area contributed by atoms with Crippen LogP contribution in [0.2, 0.25) is 5.15 Å². The van der Waals surface area contributed by atoms with Crippen LogP contribution in [0.4, 0.5) is 17.2 Å². The number of sulfonamides is 1. The standard InChI is InChI=1S/C23H26ClN9O3S/c1-14-29-19(20-23(30-14)28-13-27-20)17-9-15(3-4-33-5-7-36-8-6-33)11-26-22(17)31-16-10-18(21(24)25-12-16)32-37(2,34)35/h9-13,32H,3-8H2,1-2H3,(H,26,31)(H,27,28,29,30). The van der Waals surface area contributed by atoms with Gasteiger partial charge in [-0.1, -0.05) is 11.6 Å². The highest BCUT2D eigenvalue weighted by atomic mass is 35.5. The number of anilines is 3. The Kier molecular flexibility index (Phi) is 7.20. The Labute approximate surface area is 218 Å². The second kappa shape index (κ2) is 10.5. The Hall–Kier alpha value is -3.39. The van der Waals surface area contributed by atoms with Gasteiger partial charge in [0.15, 0.2) is 10.8 Å². The Morgan fingerprint density at radius 1 is 1.14 bits per heavy atom. The minimum absolute atomic E-state index is 0.0354. The topological polar surface area (TPSA) is 151 Å². The molecule has 12 nitrogen and oxygen atoms in total. The fraction of sp³-hybridized carbons (Fsp3) is 0.348. The number of ether oxygens (including phenoxy) is 1. The van der Waals surface area contributed by atoms with Gasteiger partial charge >= 0.3 is 0 Å². The molecule has 0 atom stereocenters. The van der Waals surface area contributed by atoms with Crippen LogP contribution in [-0.2, 0) is 21.2 Å². The first kappa shape index (κ1) is 25.3. The molecule has 3 N–H and O–H groups in total. The monoisotopic (exact) mass is 543 g/mol. The summed E-state index contributed by atoms with van der Waals surface area (Å²) >= 11 is 6.10. The Morgan fingerprint density at radius 2 is 1.95 bits per heavy atom. The van der Waals surface area contributed by atoms with Gasteiger partial charge in [-0.15, -0.1) is 0 Å². The molecule has 14 heteroatoms. The van der Waals surface area contributed by atoms with Gasteiger partial charge in [0, 0.05) is 31.4 Å². The lowest BCUT2D eigenvalue weighted by atomic mass is 10.1. The maximum atomic E-state index is 11.7. The van der Waals surface area contributed by atoms with Crippen LogP contribution in [0.1, 0.15) is 11.4 Å². The number of H-pyrrole nitrogens is 1. The second-order valence-electron chi connectivity index (χ2n) is 8.73. The van der Waals surface area contributed by atoms with Gasteiger partial charge in [0.2, 0.25) is 10.0 Å². The first-order valence-electron chi connectivity index (χ1n) is 11.6. The Bertz CT molecular complexity index is 1540. The van der Waals surface area contributed by atoms with E-state index in [9.17, 15) is 8.42 Å². The Balaban J connectivity index is 1.52. The number of morpholine rings is 1. The van der Waals surface area contributed by atoms with Gasteiger partial charge in [-0.2, -0.15) is 0 Å². The SMILES string of the molecule is Cc1nc(-c2cc(CCN3CCOCC3)cnc2Nc2cnc(Cl)c(NS(C)(=O)=O)c2)c2[nH]cnc2n1. The van der Waals surface area contributed by atoms with Crippen molar-refractivity contribution in [2.24, 2.45) is 0 Å². The number of pyridine rings is 2. The highest BCUT2D eigenvalue weighted by Crippen LogP contribution is 2.33. The summed E-state index contributed by atoms with van der Waals surface area (Å²) < 4.78 is 31.3. The second-order valence-corrected chi connectivity index (χ2v) is 10.8. The van der Waals surface area contributed by atoms with Gasteiger partial charge in [0.05, 0.1) is 43.4 Å². The number of nitrogens with one attached hydrogen (secondary N) is 3. The summed E-state index contributed by atoms with van der Waals surface area (Å²) in [5, 5.41) is 3.28. The van der Waals surface area contributed by atoms with Crippen molar-refractivity contribution in [2.45, 2.75) is 13.3 Å². The molecular formula is C23H26ClN9O3S. The van der Waals surface area contributed by atoms with E-state index in [0.29, 0.717) is 34.2 Å². The van der Waals surface area contributed by atoms with E-state index in [1.54, 1.807) is 12.4 Å². The molecule has 0 spiro atoms. The predicted molar refractivity (Wildman–Crippen MR) is 142 cm³/mol. The van der Waals surface area contributed by atoms with E-state index in [4.69, 9.17) is 26.3 Å². The van der Waals surface area contributed by atoms with Crippen LogP contribution < -0.4 is 10.0 Å². The molecule has 1 aliphatic rings. The molecule has 37 heavy (non-hydrogen) atoms. The zero-order valence-electron chi connectivity index (χ0n) is 20.3. The minimum atomic E-state index is -3.54. The van der Waals surface area contributed by atoms with Crippen LogP contribution >= 0.6 is 11.6 Å². The molecule has 0 radical (unpaired) electrons. The lowest BCUT2D eigenvalue weighted by Gasteiger charge is -2.26. The van der Waals surface area contributed by atoms with Crippen molar-refractivity contribution in [3.05, 3.63) is 47.4 Å². The largest absolute Gasteiger partial charge is 0.379 e. The molecule has 5 rings (SSSR count). The van der Waals surface area contributed by atoms with Crippen LogP contribution in [0.15, 0.2) is 30.9 Å². The molecule has 5 heterocycles. The number of aromatic amines is 1. The molecule has 4 aromatic heterocycles. The van der Waals surface area contributed by atoms with Crippen molar-refractivity contribution in [3.63, 3.8) is 0 Å². The fourth-order valence-electron chi connectivity index (χ4n) is 4.10. The molecule has 1 fully saturated rings. The third kappa shape index (κ3) is 6.13. The molecule has 1 saturated heterocycles. The van der Waals surface area contributed by atoms with Gasteiger partial charge in [-0.05, 0) is 31.0 Å². The van der Waals surface area contributed by atoms with Gasteiger partial charge in [0.1, 0.15) is 22.9 Å². The third-order valence-corrected chi connectivity index (χ3v) is 6.71. The number of hydrogen-bond donors (Lipinski definition) is 3. The lowest BCUT2D eigenvalue weighted by Crippen LogP contribution is -2.37. The van der Waals surface area contributed by atoms with Crippen molar-refractivity contribution in [1.29, 1.82) is 0 Å². The van der Waals surface area contributed by atoms with Crippen LogP contribution in [-0.4, -0.2) is 82.3 Å². The predicted octanol–water partition coefficient (Wildman–Crippen LogP) is 2.76. The summed E-state index contributed by atoms with van der Waals surface area (Å²) in [5.41, 5.74) is 4.34. The van der Waals surface area contributed by atoms with E-state index in [-0.39, 0.29) is 10.8 Å². The zero-order chi connectivity index (χ0) is 26.0. The number of aryl methyl sites for hydroxylation is 1. The highest BCUT2D eigenvalue weighted by molar-refractivity contribution is 7.92. The minimum Gasteiger partial charge on any atom is -0.379 e. The fourth-order valence-corrected chi connectivity index (χ4v) is 4.86. The summed E-state index contributed by atoms with van der Waals surface area (Å²) in [7, 11) is -3.54. The average molecular weight is 544 g/mol. The summed E-state index contributed by atoms with van der Waals surface area (Å²) in [6.45, 7) is 6.01. The third-order valence-electron chi connectivity index (χ3n) is 5.81. The van der Waals surface area contributed by atoms with Crippen LogP contribution in [0.3, 0.4) is 0 Å². The van der Waals surface area contributed by atoms with Crippen LogP contribution in [0.5, 0.6) is 0 Å². The van der Waals surface area contributed by atoms with Crippen molar-refractivity contribution in [2.75, 3.05) is 49.1 Å². The number of imidazole rings is 1. The lowest BCUT2D eigenvalue weighted by molar-refractivity contribution is 0.0384. The van der Waals surface area contributed by atoms with E-state index >= 15 is 0 Å². The molecule has 0 unspecified atom stereocenters. The number of aromatic nitrogens is 6. The normalized spacial score (nSPS) is 14.7. The van der Waals surface area contributed by atoms with Gasteiger partial charge in [0.25, 0.3) is 0 Å². The molecule has 0 amide bonds. The molecule has 194 valence electrons. The van der Waals surface area contributed by atoms with E-state index in [1.807, 2.05) is 13.1 Å². The molecule has 0 saturated carbocycles. The van der Waals surface area contributed by atoms with Gasteiger partial charge in [-0.25, -0.2) is 33.3 Å². The smallest absolute Gasteiger partial charge is 0.229 e. The van der Waals surface area contributed by atoms with E-state index < -0.39 is 10.0 Å². The first-order valence-corrected chi connectivity index (χ1v) is 13.9. The van der Waals surface area contributed by atoms with Crippen molar-refractivity contribution >= 4 is 50.0 Å². The first-order chi connectivity index (χ1) is 17.7. The van der Waals surface area contributed by atoms with Crippen LogP contribution in [0, 0.1) is 6.92 Å². The molecule has 0 bridgehead atoms. The zero-order valence-corrected chi connectivity index (χ0v) is 21.9. The number of rotatable bonds is 8. The maximum Gasteiger partial charge on any atom is 0.229 e. The van der Waals surface area contributed by atoms with E-state index in [0.717, 1.165) is 56.7 Å². The maximum absolute atomic E-state index is 11.7. The Morgan fingerprint density at radius 3 is 2.73 bits per heavy atom. The summed E-state index contributed by atoms with van der Waals surface area (Å²) in [4.78, 5) is 27.7. The average Bonchev–Trinajstić information content (AvgIpc) is 3.33. The number of halogens is 1. The molecule has 0 aliphatic carbocycles. The van der Waals surface area contributed by atoms with Gasteiger partial charge < -0.3 is 15.0 Å². The highest BCUT2D eigenvalue weighted by Gasteiger charge is 2.18. The summed E-state index contributed by atoms with van der Waals surface area (Å²) in [6, 6.07) is 3.61. The molecule has 4 aromatic rings. The molecular weight excluding hydrogens is 518 g/mol. The van der Waals surface area contributed by atoms with Gasteiger partial charge in [-0.3, -0.25) is 9.62 Å². The van der Waals surface area contributed by atoms with Crippen LogP contribution in [0.25, 0.3) is 22.4 Å². The van der Waals surface area contributed by atoms with Crippen molar-refractivity contribution in [3.8, 4) is 11.3 Å². The van der Waals surface area contributed by atoms with Crippen molar-refractivity contribution in [1.82, 2.24) is 34.8 Å². The molecule has 1 aliphatic heterocycles. The molecule has 0 aromatic carbocycles. The summed E-state index contributed by atoms with van der Waals surface area (Å²) in [6.07, 6.45) is 6.76. The summed E-state index contributed by atoms with van der Waals surface area (Å²) in [5.74, 6) is 1.09. The number of hydrogen-bond acceptors (Lipinski definition) is 10. The number of fused-ring (bicyclic) bond motifs is 1.